The van der Waals surface area contributed by atoms with Gasteiger partial charge in [0.15, 0.2) is 0 Å². The summed E-state index contributed by atoms with van der Waals surface area (Å²) in [6, 6.07) is 0.568. The molecule has 0 aromatic carbocycles. The first-order valence-corrected chi connectivity index (χ1v) is 13.0. The number of amides is 2. The molecule has 31 heavy (non-hydrogen) atoms. The van der Waals surface area contributed by atoms with Crippen molar-refractivity contribution < 1.29 is 14.3 Å². The van der Waals surface area contributed by atoms with Crippen molar-refractivity contribution >= 4 is 12.0 Å². The Morgan fingerprint density at radius 3 is 2.23 bits per heavy atom. The molecule has 0 bridgehead atoms. The van der Waals surface area contributed by atoms with Crippen LogP contribution in [-0.2, 0) is 9.53 Å². The van der Waals surface area contributed by atoms with Gasteiger partial charge in [0.2, 0.25) is 5.91 Å². The third-order valence-corrected chi connectivity index (χ3v) is 8.51. The highest BCUT2D eigenvalue weighted by Gasteiger charge is 2.37. The summed E-state index contributed by atoms with van der Waals surface area (Å²) < 4.78 is 5.35. The van der Waals surface area contributed by atoms with E-state index in [1.54, 1.807) is 0 Å². The summed E-state index contributed by atoms with van der Waals surface area (Å²) in [4.78, 5) is 29.5. The third kappa shape index (κ3) is 5.74. The van der Waals surface area contributed by atoms with Crippen molar-refractivity contribution in [2.24, 2.45) is 23.7 Å². The summed E-state index contributed by atoms with van der Waals surface area (Å²) in [6.45, 7) is 8.50. The molecule has 3 atom stereocenters. The molecule has 3 aliphatic heterocycles. The van der Waals surface area contributed by atoms with E-state index in [4.69, 9.17) is 4.74 Å². The second-order valence-electron chi connectivity index (χ2n) is 10.8. The molecule has 1 N–H and O–H groups in total. The number of hydrogen-bond acceptors (Lipinski definition) is 4. The molecule has 176 valence electrons. The first-order chi connectivity index (χ1) is 15.0. The molecule has 3 heterocycles. The summed E-state index contributed by atoms with van der Waals surface area (Å²) in [5.41, 5.74) is 0. The molecule has 3 saturated heterocycles. The molecule has 0 aromatic heterocycles. The fraction of sp³-hybridized carbons (Fsp3) is 0.920. The van der Waals surface area contributed by atoms with Gasteiger partial charge in [0.1, 0.15) is 0 Å². The minimum atomic E-state index is -0.164. The van der Waals surface area contributed by atoms with Crippen molar-refractivity contribution in [3.05, 3.63) is 0 Å². The van der Waals surface area contributed by atoms with Gasteiger partial charge in [0.25, 0.3) is 0 Å². The highest BCUT2D eigenvalue weighted by molar-refractivity contribution is 5.79. The number of nitrogens with one attached hydrogen (secondary N) is 1. The number of piperidine rings is 2. The van der Waals surface area contributed by atoms with E-state index in [1.165, 1.54) is 32.1 Å². The molecule has 0 radical (unpaired) electrons. The average molecular weight is 434 g/mol. The van der Waals surface area contributed by atoms with E-state index < -0.39 is 0 Å². The number of likely N-dealkylation sites (tertiary alicyclic amines) is 2. The van der Waals surface area contributed by atoms with Crippen molar-refractivity contribution in [2.75, 3.05) is 32.7 Å². The van der Waals surface area contributed by atoms with Crippen LogP contribution in [0.5, 0.6) is 0 Å². The quantitative estimate of drug-likeness (QED) is 0.730. The first kappa shape index (κ1) is 22.9. The van der Waals surface area contributed by atoms with Crippen LogP contribution in [0, 0.1) is 23.7 Å². The van der Waals surface area contributed by atoms with Gasteiger partial charge in [0, 0.05) is 31.6 Å². The van der Waals surface area contributed by atoms with Crippen molar-refractivity contribution in [1.29, 1.82) is 0 Å². The second kappa shape index (κ2) is 10.5. The summed E-state index contributed by atoms with van der Waals surface area (Å²) in [5.74, 6) is 2.66. The Balaban J connectivity index is 1.23. The van der Waals surface area contributed by atoms with Gasteiger partial charge in [0.05, 0.1) is 6.10 Å². The Bertz CT molecular complexity index is 609. The van der Waals surface area contributed by atoms with E-state index in [1.807, 2.05) is 18.7 Å². The largest absolute Gasteiger partial charge is 0.447 e. The van der Waals surface area contributed by atoms with E-state index in [0.29, 0.717) is 17.9 Å². The molecule has 6 nitrogen and oxygen atoms in total. The van der Waals surface area contributed by atoms with Crippen LogP contribution < -0.4 is 5.32 Å². The van der Waals surface area contributed by atoms with Gasteiger partial charge in [-0.25, -0.2) is 4.79 Å². The molecule has 4 aliphatic rings. The van der Waals surface area contributed by atoms with Crippen LogP contribution >= 0.6 is 0 Å². The normalized spacial score (nSPS) is 32.2. The Morgan fingerprint density at radius 2 is 1.55 bits per heavy atom. The Hall–Kier alpha value is -1.30. The van der Waals surface area contributed by atoms with Gasteiger partial charge in [-0.15, -0.1) is 0 Å². The van der Waals surface area contributed by atoms with E-state index in [0.717, 1.165) is 76.7 Å². The third-order valence-electron chi connectivity index (χ3n) is 8.51. The maximum absolute atomic E-state index is 12.9. The molecule has 1 saturated carbocycles. The van der Waals surface area contributed by atoms with Crippen LogP contribution in [0.3, 0.4) is 0 Å². The molecule has 0 spiro atoms. The lowest BCUT2D eigenvalue weighted by atomic mass is 9.72. The highest BCUT2D eigenvalue weighted by atomic mass is 16.6. The summed E-state index contributed by atoms with van der Waals surface area (Å²) in [6.07, 6.45) is 11.9. The Morgan fingerprint density at radius 1 is 0.871 bits per heavy atom. The van der Waals surface area contributed by atoms with Crippen molar-refractivity contribution in [1.82, 2.24) is 15.1 Å². The van der Waals surface area contributed by atoms with Crippen LogP contribution in [0.4, 0.5) is 4.79 Å². The molecule has 6 heteroatoms. The lowest BCUT2D eigenvalue weighted by Gasteiger charge is -2.43. The number of ether oxygens (including phenoxy) is 1. The lowest BCUT2D eigenvalue weighted by Crippen LogP contribution is -2.50. The standard InChI is InChI=1S/C25H43N3O3/c1-18(2)31-25(30)28-15-11-22(12-16-28)27-13-9-20(10-14-27)23-8-7-19-5-3-4-6-21(19)17-26-24(23)29/h18-23H,3-17H2,1-2H3,(H,26,29)/t19-,21-,23?/m1/s1. The Labute approximate surface area is 188 Å². The molecule has 4 fully saturated rings. The first-order valence-electron chi connectivity index (χ1n) is 13.0. The molecule has 2 amide bonds. The number of rotatable bonds is 3. The number of carbonyl (C=O) groups is 2. The summed E-state index contributed by atoms with van der Waals surface area (Å²) in [5, 5.41) is 3.33. The minimum absolute atomic E-state index is 0.0567. The van der Waals surface area contributed by atoms with E-state index in [9.17, 15) is 9.59 Å². The van der Waals surface area contributed by atoms with Gasteiger partial charge in [-0.2, -0.15) is 0 Å². The fourth-order valence-corrected chi connectivity index (χ4v) is 6.65. The molecule has 1 unspecified atom stereocenters. The van der Waals surface area contributed by atoms with Crippen LogP contribution in [-0.4, -0.2) is 66.7 Å². The topological polar surface area (TPSA) is 61.9 Å². The predicted octanol–water partition coefficient (Wildman–Crippen LogP) is 4.04. The van der Waals surface area contributed by atoms with E-state index in [2.05, 4.69) is 10.2 Å². The van der Waals surface area contributed by atoms with Gasteiger partial charge < -0.3 is 19.9 Å². The number of fused-ring (bicyclic) bond motifs is 1. The monoisotopic (exact) mass is 433 g/mol. The zero-order valence-corrected chi connectivity index (χ0v) is 19.7. The highest BCUT2D eigenvalue weighted by Crippen LogP contribution is 2.38. The SMILES string of the molecule is CC(C)OC(=O)N1CCC(N2CCC(C3CC[C@H]4CCCC[C@@H]4CNC3=O)CC2)CC1. The maximum atomic E-state index is 12.9. The lowest BCUT2D eigenvalue weighted by molar-refractivity contribution is -0.129. The van der Waals surface area contributed by atoms with Crippen molar-refractivity contribution in [3.8, 4) is 0 Å². The summed E-state index contributed by atoms with van der Waals surface area (Å²) in [7, 11) is 0. The maximum Gasteiger partial charge on any atom is 0.410 e. The molecular weight excluding hydrogens is 390 g/mol. The van der Waals surface area contributed by atoms with Crippen LogP contribution in [0.2, 0.25) is 0 Å². The smallest absolute Gasteiger partial charge is 0.410 e. The number of nitrogens with zero attached hydrogens (tertiary/aromatic N) is 2. The zero-order chi connectivity index (χ0) is 21.8. The van der Waals surface area contributed by atoms with Gasteiger partial charge in [-0.1, -0.05) is 19.3 Å². The Kier molecular flexibility index (Phi) is 7.78. The molecule has 4 rings (SSSR count). The predicted molar refractivity (Wildman–Crippen MR) is 122 cm³/mol. The van der Waals surface area contributed by atoms with Gasteiger partial charge >= 0.3 is 6.09 Å². The van der Waals surface area contributed by atoms with Gasteiger partial charge in [-0.3, -0.25) is 4.79 Å². The van der Waals surface area contributed by atoms with Gasteiger partial charge in [-0.05, 0) is 89.6 Å². The van der Waals surface area contributed by atoms with Crippen LogP contribution in [0.15, 0.2) is 0 Å². The van der Waals surface area contributed by atoms with Crippen LogP contribution in [0.25, 0.3) is 0 Å². The number of hydrogen-bond donors (Lipinski definition) is 1. The molecule has 1 aliphatic carbocycles. The van der Waals surface area contributed by atoms with E-state index >= 15 is 0 Å². The average Bonchev–Trinajstić information content (AvgIpc) is 2.77. The zero-order valence-electron chi connectivity index (χ0n) is 19.7. The van der Waals surface area contributed by atoms with Crippen molar-refractivity contribution in [2.45, 2.75) is 90.2 Å². The summed E-state index contributed by atoms with van der Waals surface area (Å²) >= 11 is 0. The fourth-order valence-electron chi connectivity index (χ4n) is 6.65. The molecular formula is C25H43N3O3. The van der Waals surface area contributed by atoms with E-state index in [-0.39, 0.29) is 18.1 Å². The molecule has 0 aromatic rings. The van der Waals surface area contributed by atoms with Crippen LogP contribution in [0.1, 0.15) is 78.1 Å². The van der Waals surface area contributed by atoms with Crippen molar-refractivity contribution in [3.63, 3.8) is 0 Å². The second-order valence-corrected chi connectivity index (χ2v) is 10.8. The number of carbonyl (C=O) groups excluding carboxylic acids is 2. The minimum Gasteiger partial charge on any atom is -0.447 e.